The molecule has 0 rings (SSSR count). The normalized spacial score (nSPS) is 14.3. The summed E-state index contributed by atoms with van der Waals surface area (Å²) in [4.78, 5) is 64.8. The van der Waals surface area contributed by atoms with E-state index in [0.29, 0.717) is 32.4 Å². The summed E-state index contributed by atoms with van der Waals surface area (Å²) in [6, 6.07) is -1.91. The number of carboxylic acid groups (broad SMARTS) is 2. The van der Waals surface area contributed by atoms with Gasteiger partial charge in [0.25, 0.3) is 0 Å². The second-order valence-electron chi connectivity index (χ2n) is 13.8. The molecule has 0 radical (unpaired) electrons. The van der Waals surface area contributed by atoms with Crippen molar-refractivity contribution in [2.75, 3.05) is 13.1 Å². The number of hydrogen-bond donors (Lipinski definition) is 5. The van der Waals surface area contributed by atoms with Gasteiger partial charge in [-0.2, -0.15) is 0 Å². The van der Waals surface area contributed by atoms with Crippen LogP contribution < -0.4 is 16.4 Å². The highest BCUT2D eigenvalue weighted by Gasteiger charge is 2.58. The Labute approximate surface area is 251 Å². The van der Waals surface area contributed by atoms with Gasteiger partial charge in [0, 0.05) is 24.9 Å². The minimum Gasteiger partial charge on any atom is -0.481 e. The Morgan fingerprint density at radius 1 is 0.833 bits per heavy atom. The van der Waals surface area contributed by atoms with Crippen LogP contribution in [-0.2, 0) is 23.9 Å². The summed E-state index contributed by atoms with van der Waals surface area (Å²) < 4.78 is 5.56. The van der Waals surface area contributed by atoms with E-state index in [0.717, 1.165) is 24.2 Å². The minimum atomic E-state index is -1.92. The summed E-state index contributed by atoms with van der Waals surface area (Å²) in [5.74, 6) is -3.25. The number of hydrogen-bond acceptors (Lipinski definition) is 7. The van der Waals surface area contributed by atoms with E-state index in [1.807, 2.05) is 0 Å². The molecule has 0 saturated heterocycles. The largest absolute Gasteiger partial charge is 0.481 e. The van der Waals surface area contributed by atoms with Gasteiger partial charge in [-0.3, -0.25) is 9.59 Å². The van der Waals surface area contributed by atoms with Gasteiger partial charge in [0.2, 0.25) is 5.91 Å². The van der Waals surface area contributed by atoms with Gasteiger partial charge in [0.05, 0.1) is 0 Å². The standard InChI is InChI=1S/C30H56N4O8/c1-27(2,3)30(25(39)40,18-17-23(36)37)34(28(4,5)6)26(41)33-21(24(38)42-29(7,8)9)15-12-14-20-32-22(35)16-11-10-13-19-31/h21H,10-20,31H2,1-9H3,(H,32,35)(H,33,41)(H,36,37)(H,39,40)/t21-,30-/m0/s1. The van der Waals surface area contributed by atoms with Crippen molar-refractivity contribution in [2.24, 2.45) is 11.1 Å². The van der Waals surface area contributed by atoms with Crippen LogP contribution in [0.15, 0.2) is 0 Å². The molecule has 0 aliphatic heterocycles. The first kappa shape index (κ1) is 39.1. The van der Waals surface area contributed by atoms with Crippen molar-refractivity contribution < 1.29 is 38.9 Å². The molecule has 0 bridgehead atoms. The van der Waals surface area contributed by atoms with E-state index < -0.39 is 58.5 Å². The molecule has 0 spiro atoms. The quantitative estimate of drug-likeness (QED) is 0.121. The van der Waals surface area contributed by atoms with Gasteiger partial charge in [-0.1, -0.05) is 27.2 Å². The predicted octanol–water partition coefficient (Wildman–Crippen LogP) is 4.05. The maximum Gasteiger partial charge on any atom is 0.330 e. The van der Waals surface area contributed by atoms with Crippen LogP contribution in [0, 0.1) is 5.41 Å². The molecular weight excluding hydrogens is 544 g/mol. The lowest BCUT2D eigenvalue weighted by molar-refractivity contribution is -0.164. The number of rotatable bonds is 17. The topological polar surface area (TPSA) is 188 Å². The average Bonchev–Trinajstić information content (AvgIpc) is 2.80. The molecule has 0 fully saturated rings. The number of esters is 1. The van der Waals surface area contributed by atoms with Crippen molar-refractivity contribution in [3.8, 4) is 0 Å². The lowest BCUT2D eigenvalue weighted by Crippen LogP contribution is -2.71. The Balaban J connectivity index is 5.99. The summed E-state index contributed by atoms with van der Waals surface area (Å²) in [5.41, 5.74) is 0.575. The molecule has 2 atom stereocenters. The molecule has 12 nitrogen and oxygen atoms in total. The lowest BCUT2D eigenvalue weighted by Gasteiger charge is -2.54. The Morgan fingerprint density at radius 2 is 1.43 bits per heavy atom. The van der Waals surface area contributed by atoms with Crippen LogP contribution in [0.3, 0.4) is 0 Å². The van der Waals surface area contributed by atoms with Crippen molar-refractivity contribution in [1.82, 2.24) is 15.5 Å². The number of amides is 3. The average molecular weight is 601 g/mol. The van der Waals surface area contributed by atoms with Crippen molar-refractivity contribution in [3.63, 3.8) is 0 Å². The predicted molar refractivity (Wildman–Crippen MR) is 161 cm³/mol. The molecule has 0 aromatic heterocycles. The molecule has 12 heteroatoms. The Kier molecular flexibility index (Phi) is 15.5. The van der Waals surface area contributed by atoms with E-state index in [9.17, 15) is 34.2 Å². The van der Waals surface area contributed by atoms with Gasteiger partial charge in [0.15, 0.2) is 0 Å². The van der Waals surface area contributed by atoms with Gasteiger partial charge < -0.3 is 36.2 Å². The number of carboxylic acids is 2. The van der Waals surface area contributed by atoms with Gasteiger partial charge in [-0.25, -0.2) is 14.4 Å². The van der Waals surface area contributed by atoms with E-state index in [1.165, 1.54) is 0 Å². The van der Waals surface area contributed by atoms with E-state index in [4.69, 9.17) is 10.5 Å². The third-order valence-corrected chi connectivity index (χ3v) is 6.89. The first-order valence-corrected chi connectivity index (χ1v) is 14.9. The molecule has 42 heavy (non-hydrogen) atoms. The minimum absolute atomic E-state index is 0.0570. The van der Waals surface area contributed by atoms with Crippen LogP contribution in [-0.4, -0.2) is 80.8 Å². The number of urea groups is 1. The maximum absolute atomic E-state index is 14.0. The maximum atomic E-state index is 14.0. The van der Waals surface area contributed by atoms with Crippen LogP contribution >= 0.6 is 0 Å². The molecule has 0 unspecified atom stereocenters. The number of nitrogens with zero attached hydrogens (tertiary/aromatic N) is 1. The second kappa shape index (κ2) is 16.7. The third-order valence-electron chi connectivity index (χ3n) is 6.89. The van der Waals surface area contributed by atoms with Crippen LogP contribution in [0.2, 0.25) is 0 Å². The summed E-state index contributed by atoms with van der Waals surface area (Å²) in [6.07, 6.45) is 3.34. The fraction of sp³-hybridized carbons (Fsp3) is 0.833. The van der Waals surface area contributed by atoms with Crippen LogP contribution in [0.1, 0.15) is 120 Å². The number of ether oxygens (including phenoxy) is 1. The fourth-order valence-corrected chi connectivity index (χ4v) is 4.92. The van der Waals surface area contributed by atoms with Crippen molar-refractivity contribution >= 4 is 29.8 Å². The SMILES string of the molecule is CC(C)(C)OC(=O)[C@H](CCCCNC(=O)CCCCCN)NC(=O)N(C(C)(C)C)[C@@](CCC(=O)O)(C(=O)O)C(C)(C)C. The Bertz CT molecular complexity index is 918. The first-order valence-electron chi connectivity index (χ1n) is 14.9. The first-order chi connectivity index (χ1) is 19.1. The van der Waals surface area contributed by atoms with Gasteiger partial charge in [-0.15, -0.1) is 0 Å². The molecule has 6 N–H and O–H groups in total. The molecule has 0 aliphatic carbocycles. The fourth-order valence-electron chi connectivity index (χ4n) is 4.92. The zero-order chi connectivity index (χ0) is 32.9. The number of carbonyl (C=O) groups is 5. The third kappa shape index (κ3) is 13.0. The van der Waals surface area contributed by atoms with Crippen LogP contribution in [0.5, 0.6) is 0 Å². The molecule has 244 valence electrons. The van der Waals surface area contributed by atoms with Crippen molar-refractivity contribution in [1.29, 1.82) is 0 Å². The molecule has 0 saturated carbocycles. The number of unbranched alkanes of at least 4 members (excludes halogenated alkanes) is 3. The summed E-state index contributed by atoms with van der Waals surface area (Å²) in [5, 5.41) is 25.5. The van der Waals surface area contributed by atoms with E-state index in [1.54, 1.807) is 62.3 Å². The number of nitrogens with two attached hydrogens (primary N) is 1. The van der Waals surface area contributed by atoms with Gasteiger partial charge >= 0.3 is 23.9 Å². The number of carbonyl (C=O) groups excluding carboxylic acids is 3. The highest BCUT2D eigenvalue weighted by molar-refractivity contribution is 5.90. The zero-order valence-electron chi connectivity index (χ0n) is 27.2. The Morgan fingerprint density at radius 3 is 1.88 bits per heavy atom. The monoisotopic (exact) mass is 600 g/mol. The Hall–Kier alpha value is -2.89. The summed E-state index contributed by atoms with van der Waals surface area (Å²) >= 11 is 0. The van der Waals surface area contributed by atoms with Crippen molar-refractivity contribution in [2.45, 2.75) is 143 Å². The van der Waals surface area contributed by atoms with Gasteiger partial charge in [-0.05, 0) is 92.0 Å². The van der Waals surface area contributed by atoms with E-state index in [2.05, 4.69) is 10.6 Å². The molecule has 0 aromatic carbocycles. The molecule has 0 heterocycles. The molecule has 0 aliphatic rings. The molecule has 0 aromatic rings. The summed E-state index contributed by atoms with van der Waals surface area (Å²) in [6.45, 7) is 16.0. The highest BCUT2D eigenvalue weighted by Crippen LogP contribution is 2.43. The molecular formula is C30H56N4O8. The van der Waals surface area contributed by atoms with Gasteiger partial charge in [0.1, 0.15) is 17.2 Å². The lowest BCUT2D eigenvalue weighted by atomic mass is 9.68. The highest BCUT2D eigenvalue weighted by atomic mass is 16.6. The van der Waals surface area contributed by atoms with Crippen molar-refractivity contribution in [3.05, 3.63) is 0 Å². The van der Waals surface area contributed by atoms with E-state index >= 15 is 0 Å². The summed E-state index contributed by atoms with van der Waals surface area (Å²) in [7, 11) is 0. The van der Waals surface area contributed by atoms with Crippen LogP contribution in [0.4, 0.5) is 4.79 Å². The number of nitrogens with one attached hydrogen (secondary N) is 2. The molecule has 3 amide bonds. The smallest absolute Gasteiger partial charge is 0.330 e. The number of aliphatic carboxylic acids is 2. The van der Waals surface area contributed by atoms with E-state index in [-0.39, 0.29) is 18.7 Å². The second-order valence-corrected chi connectivity index (χ2v) is 13.8. The van der Waals surface area contributed by atoms with Crippen LogP contribution in [0.25, 0.3) is 0 Å². The zero-order valence-corrected chi connectivity index (χ0v) is 27.2.